The molecule has 4 fully saturated rings. The predicted octanol–water partition coefficient (Wildman–Crippen LogP) is 1.71. The molecule has 8 nitrogen and oxygen atoms in total. The largest absolute Gasteiger partial charge is 0.488 e. The first-order valence-electron chi connectivity index (χ1n) is 12.3. The average molecular weight is 454 g/mol. The van der Waals surface area contributed by atoms with Crippen molar-refractivity contribution < 1.29 is 23.9 Å². The van der Waals surface area contributed by atoms with E-state index >= 15 is 0 Å². The van der Waals surface area contributed by atoms with Crippen LogP contribution in [0.25, 0.3) is 0 Å². The molecule has 1 aromatic carbocycles. The monoisotopic (exact) mass is 453 g/mol. The van der Waals surface area contributed by atoms with Crippen molar-refractivity contribution in [1.29, 1.82) is 0 Å². The van der Waals surface area contributed by atoms with E-state index in [-0.39, 0.29) is 30.2 Å². The van der Waals surface area contributed by atoms with Crippen molar-refractivity contribution in [1.82, 2.24) is 15.1 Å². The second-order valence-corrected chi connectivity index (χ2v) is 10.2. The molecule has 0 spiro atoms. The van der Waals surface area contributed by atoms with E-state index in [1.54, 1.807) is 4.90 Å². The number of carbonyl (C=O) groups is 3. The van der Waals surface area contributed by atoms with Crippen LogP contribution < -0.4 is 10.1 Å². The first-order valence-corrected chi connectivity index (χ1v) is 12.3. The molecule has 1 aromatic rings. The molecule has 2 bridgehead atoms. The molecular weight excluding hydrogens is 422 g/mol. The van der Waals surface area contributed by atoms with Crippen LogP contribution in [0.15, 0.2) is 18.2 Å². The Hall–Kier alpha value is -2.45. The van der Waals surface area contributed by atoms with E-state index in [0.717, 1.165) is 31.0 Å². The molecule has 176 valence electrons. The predicted molar refractivity (Wildman–Crippen MR) is 119 cm³/mol. The Bertz CT molecular complexity index is 990. The topological polar surface area (TPSA) is 88.2 Å². The summed E-state index contributed by atoms with van der Waals surface area (Å²) in [5, 5.41) is 2.36. The lowest BCUT2D eigenvalue weighted by atomic mass is 9.89. The van der Waals surface area contributed by atoms with Gasteiger partial charge in [0.15, 0.2) is 0 Å². The second-order valence-electron chi connectivity index (χ2n) is 10.2. The van der Waals surface area contributed by atoms with Crippen LogP contribution in [0.5, 0.6) is 5.75 Å². The van der Waals surface area contributed by atoms with Crippen LogP contribution in [0.4, 0.5) is 0 Å². The fourth-order valence-corrected chi connectivity index (χ4v) is 6.72. The van der Waals surface area contributed by atoms with Crippen LogP contribution >= 0.6 is 0 Å². The summed E-state index contributed by atoms with van der Waals surface area (Å²) in [5.74, 6) is 1.28. The Morgan fingerprint density at radius 1 is 1.09 bits per heavy atom. The van der Waals surface area contributed by atoms with Gasteiger partial charge in [0.25, 0.3) is 5.91 Å². The molecule has 3 amide bonds. The maximum absolute atomic E-state index is 13.0. The minimum atomic E-state index is -0.591. The van der Waals surface area contributed by atoms with Crippen LogP contribution in [0, 0.1) is 11.8 Å². The number of piperidine rings is 1. The molecular formula is C25H31N3O5. The van der Waals surface area contributed by atoms with Crippen molar-refractivity contribution >= 4 is 17.7 Å². The summed E-state index contributed by atoms with van der Waals surface area (Å²) in [6.45, 7) is 5.16. The van der Waals surface area contributed by atoms with Crippen molar-refractivity contribution in [2.24, 2.45) is 11.8 Å². The van der Waals surface area contributed by atoms with E-state index < -0.39 is 6.04 Å². The van der Waals surface area contributed by atoms with Gasteiger partial charge in [0.1, 0.15) is 17.9 Å². The highest BCUT2D eigenvalue weighted by atomic mass is 16.5. The molecule has 2 aliphatic carbocycles. The smallest absolute Gasteiger partial charge is 0.255 e. The fourth-order valence-electron chi connectivity index (χ4n) is 6.72. The summed E-state index contributed by atoms with van der Waals surface area (Å²) in [7, 11) is 0. The van der Waals surface area contributed by atoms with Gasteiger partial charge in [-0.15, -0.1) is 0 Å². The third-order valence-corrected chi connectivity index (χ3v) is 8.27. The lowest BCUT2D eigenvalue weighted by Crippen LogP contribution is -2.61. The van der Waals surface area contributed by atoms with E-state index in [1.807, 2.05) is 25.1 Å². The fraction of sp³-hybridized carbons (Fsp3) is 0.640. The molecule has 2 saturated carbocycles. The zero-order chi connectivity index (χ0) is 22.7. The number of imide groups is 1. The number of fused-ring (bicyclic) bond motifs is 3. The Kier molecular flexibility index (Phi) is 5.18. The van der Waals surface area contributed by atoms with E-state index in [0.29, 0.717) is 42.5 Å². The number of amides is 3. The summed E-state index contributed by atoms with van der Waals surface area (Å²) in [6, 6.07) is 5.55. The summed E-state index contributed by atoms with van der Waals surface area (Å²) in [5.41, 5.74) is 1.51. The van der Waals surface area contributed by atoms with Gasteiger partial charge in [0, 0.05) is 44.3 Å². The van der Waals surface area contributed by atoms with E-state index in [2.05, 4.69) is 10.2 Å². The lowest BCUT2D eigenvalue weighted by Gasteiger charge is -2.47. The minimum absolute atomic E-state index is 0.147. The Labute approximate surface area is 193 Å². The zero-order valence-electron chi connectivity index (χ0n) is 19.0. The lowest BCUT2D eigenvalue weighted by molar-refractivity contribution is -0.136. The molecule has 33 heavy (non-hydrogen) atoms. The van der Waals surface area contributed by atoms with E-state index in [4.69, 9.17) is 9.47 Å². The molecule has 1 N–H and O–H groups in total. The first-order chi connectivity index (χ1) is 16.0. The van der Waals surface area contributed by atoms with Crippen molar-refractivity contribution in [3.05, 3.63) is 29.3 Å². The maximum Gasteiger partial charge on any atom is 0.255 e. The van der Waals surface area contributed by atoms with Gasteiger partial charge in [-0.25, -0.2) is 0 Å². The highest BCUT2D eigenvalue weighted by Gasteiger charge is 2.53. The number of rotatable bonds is 6. The van der Waals surface area contributed by atoms with Crippen LogP contribution in [-0.2, 0) is 20.9 Å². The van der Waals surface area contributed by atoms with Gasteiger partial charge >= 0.3 is 0 Å². The van der Waals surface area contributed by atoms with Crippen LogP contribution in [0.1, 0.15) is 54.9 Å². The van der Waals surface area contributed by atoms with Crippen molar-refractivity contribution in [3.63, 3.8) is 0 Å². The Morgan fingerprint density at radius 2 is 1.91 bits per heavy atom. The van der Waals surface area contributed by atoms with Crippen molar-refractivity contribution in [2.45, 2.75) is 69.9 Å². The first kappa shape index (κ1) is 21.1. The average Bonchev–Trinajstić information content (AvgIpc) is 3.45. The quantitative estimate of drug-likeness (QED) is 0.660. The van der Waals surface area contributed by atoms with Gasteiger partial charge in [-0.05, 0) is 68.2 Å². The maximum atomic E-state index is 13.0. The Morgan fingerprint density at radius 3 is 2.70 bits per heavy atom. The number of nitrogens with zero attached hydrogens (tertiary/aromatic N) is 2. The molecule has 5 atom stereocenters. The SMILES string of the molecule is CCOC1CN(C2C(Oc3ccc4c(c3)CN(C3CCC(=O)NC3=O)C4=O)[C@@H]3CC[C@H]2C3)C1. The molecule has 3 heterocycles. The van der Waals surface area contributed by atoms with Gasteiger partial charge in [-0.2, -0.15) is 0 Å². The molecule has 0 radical (unpaired) electrons. The summed E-state index contributed by atoms with van der Waals surface area (Å²) in [4.78, 5) is 40.9. The van der Waals surface area contributed by atoms with Gasteiger partial charge in [-0.1, -0.05) is 0 Å². The number of hydrogen-bond acceptors (Lipinski definition) is 6. The van der Waals surface area contributed by atoms with Gasteiger partial charge in [-0.3, -0.25) is 24.6 Å². The number of likely N-dealkylation sites (tertiary alicyclic amines) is 1. The van der Waals surface area contributed by atoms with E-state index in [9.17, 15) is 14.4 Å². The highest BCUT2D eigenvalue weighted by Crippen LogP contribution is 2.49. The van der Waals surface area contributed by atoms with Gasteiger partial charge in [0.2, 0.25) is 11.8 Å². The number of benzene rings is 1. The molecule has 3 aliphatic heterocycles. The van der Waals surface area contributed by atoms with Crippen LogP contribution in [0.3, 0.4) is 0 Å². The normalized spacial score (nSPS) is 33.9. The van der Waals surface area contributed by atoms with Gasteiger partial charge in [0.05, 0.1) is 6.10 Å². The highest BCUT2D eigenvalue weighted by molar-refractivity contribution is 6.05. The number of hydrogen-bond donors (Lipinski definition) is 1. The number of ether oxygens (including phenoxy) is 2. The van der Waals surface area contributed by atoms with Crippen LogP contribution in [-0.4, -0.2) is 71.5 Å². The van der Waals surface area contributed by atoms with Crippen LogP contribution in [0.2, 0.25) is 0 Å². The van der Waals surface area contributed by atoms with Crippen molar-refractivity contribution in [3.8, 4) is 5.75 Å². The van der Waals surface area contributed by atoms with E-state index in [1.165, 1.54) is 19.3 Å². The molecule has 0 aromatic heterocycles. The second kappa shape index (κ2) is 8.09. The summed E-state index contributed by atoms with van der Waals surface area (Å²) >= 11 is 0. The molecule has 2 saturated heterocycles. The summed E-state index contributed by atoms with van der Waals surface area (Å²) < 4.78 is 12.4. The van der Waals surface area contributed by atoms with Crippen molar-refractivity contribution in [2.75, 3.05) is 19.7 Å². The third-order valence-electron chi connectivity index (χ3n) is 8.27. The molecule has 3 unspecified atom stereocenters. The standard InChI is InChI=1S/C25H31N3O5/c1-2-32-18-12-27(13-18)22-14-3-4-15(9-14)23(22)33-17-5-6-19-16(10-17)11-28(25(19)31)20-7-8-21(29)26-24(20)30/h5-6,10,14-15,18,20,22-23H,2-4,7-9,11-13H2,1H3,(H,26,29,30)/t14-,15+,20?,22?,23?/m0/s1. The number of nitrogens with one attached hydrogen (secondary N) is 1. The minimum Gasteiger partial charge on any atom is -0.488 e. The molecule has 6 rings (SSSR count). The Balaban J connectivity index is 1.16. The summed E-state index contributed by atoms with van der Waals surface area (Å²) in [6.07, 6.45) is 4.90. The van der Waals surface area contributed by atoms with Gasteiger partial charge < -0.3 is 14.4 Å². The number of carbonyl (C=O) groups excluding carboxylic acids is 3. The zero-order valence-corrected chi connectivity index (χ0v) is 19.0. The third kappa shape index (κ3) is 3.54. The molecule has 5 aliphatic rings. The molecule has 8 heteroatoms.